The molecule has 8 saturated heterocycles. The van der Waals surface area contributed by atoms with Gasteiger partial charge in [-0.15, -0.1) is 0 Å². The maximum Gasteiger partial charge on any atom is 0.334 e. The van der Waals surface area contributed by atoms with Crippen LogP contribution in [0, 0.1) is 47.3 Å². The number of oxime groups is 1. The van der Waals surface area contributed by atoms with Gasteiger partial charge in [-0.1, -0.05) is 39.8 Å². The Morgan fingerprint density at radius 2 is 1.26 bits per heavy atom. The van der Waals surface area contributed by atoms with E-state index in [1.54, 1.807) is 6.92 Å². The second-order valence-corrected chi connectivity index (χ2v) is 16.4. The molecule has 2 spiro atoms. The zero-order chi connectivity index (χ0) is 32.2. The molecule has 11 heteroatoms. The van der Waals surface area contributed by atoms with E-state index in [2.05, 4.69) is 32.9 Å². The lowest BCUT2D eigenvalue weighted by Gasteiger charge is -2.61. The Bertz CT molecular complexity index is 1250. The Balaban J connectivity index is 1.13. The summed E-state index contributed by atoms with van der Waals surface area (Å²) in [5, 5.41) is 4.57. The Morgan fingerprint density at radius 3 is 1.83 bits per heavy atom. The van der Waals surface area contributed by atoms with Crippen molar-refractivity contribution < 1.29 is 48.1 Å². The van der Waals surface area contributed by atoms with Crippen LogP contribution in [0.25, 0.3) is 0 Å². The maximum atomic E-state index is 12.5. The van der Waals surface area contributed by atoms with Crippen LogP contribution < -0.4 is 0 Å². The summed E-state index contributed by atoms with van der Waals surface area (Å²) in [7, 11) is 0. The summed E-state index contributed by atoms with van der Waals surface area (Å²) < 4.78 is 27.2. The number of ether oxygens (including phenoxy) is 4. The standard InChI is InChI=1S/C35H53NO10/c1-8-28(37)42-36-26(29-21(5)25-12-10-19(3)23-14-16-33(7)41-31(39-29)35(23,25)46-44-33)17-27-20(4)24-11-9-18(2)22-13-15-32(6)40-30(38-27)34(22,24)45-43-32/h18-25,27,29-31H,8-17H2,1-7H3/b36-26-/t18-,19-,20-,21-,22+,23+,24+,25+,27-,29+,30-,31-,32+,33+,34-,35-/m1/s1. The Hall–Kier alpha value is -1.18. The van der Waals surface area contributed by atoms with Crippen LogP contribution in [-0.2, 0) is 48.1 Å². The molecule has 0 aromatic heterocycles. The summed E-state index contributed by atoms with van der Waals surface area (Å²) in [6.07, 6.45) is 6.40. The molecule has 10 rings (SSSR count). The zero-order valence-corrected chi connectivity index (χ0v) is 28.5. The van der Waals surface area contributed by atoms with Crippen molar-refractivity contribution in [2.45, 2.75) is 160 Å². The van der Waals surface area contributed by atoms with E-state index in [0.29, 0.717) is 24.0 Å². The van der Waals surface area contributed by atoms with E-state index in [0.717, 1.165) is 51.4 Å². The van der Waals surface area contributed by atoms with Gasteiger partial charge in [0.15, 0.2) is 23.8 Å². The van der Waals surface area contributed by atoms with E-state index in [1.807, 2.05) is 13.8 Å². The SMILES string of the molecule is CCC(=O)O/N=C(/C[C@H]1O[C@@H]2O[C@]3(C)CC[C@H]4[C@H](C)CC[C@@H]([C@H]1C)[C@@]24OO3)[C@H]1O[C@@H]2O[C@]3(C)CC[C@H]4[C@H](C)CC[C@@H]([C@H]1C)[C@@]24OO3. The van der Waals surface area contributed by atoms with Crippen LogP contribution in [0.15, 0.2) is 5.16 Å². The lowest BCUT2D eigenvalue weighted by atomic mass is 9.56. The van der Waals surface area contributed by atoms with Crippen molar-refractivity contribution in [1.29, 1.82) is 0 Å². The fourth-order valence-corrected chi connectivity index (χ4v) is 11.1. The largest absolute Gasteiger partial charge is 0.345 e. The average molecular weight is 648 g/mol. The second kappa shape index (κ2) is 11.2. The minimum absolute atomic E-state index is 0.00548. The topological polar surface area (TPSA) is 113 Å². The van der Waals surface area contributed by atoms with Crippen molar-refractivity contribution in [2.24, 2.45) is 52.5 Å². The van der Waals surface area contributed by atoms with E-state index in [4.69, 9.17) is 43.3 Å². The lowest BCUT2D eigenvalue weighted by Crippen LogP contribution is -2.71. The number of nitrogens with zero attached hydrogens (tertiary/aromatic N) is 1. The minimum atomic E-state index is -0.882. The molecular weight excluding hydrogens is 594 g/mol. The molecule has 258 valence electrons. The highest BCUT2D eigenvalue weighted by Crippen LogP contribution is 2.63. The van der Waals surface area contributed by atoms with Crippen LogP contribution in [0.4, 0.5) is 0 Å². The quantitative estimate of drug-likeness (QED) is 0.148. The molecule has 10 aliphatic rings. The monoisotopic (exact) mass is 647 g/mol. The van der Waals surface area contributed by atoms with Crippen LogP contribution in [-0.4, -0.2) is 59.2 Å². The summed E-state index contributed by atoms with van der Waals surface area (Å²) in [5.74, 6) is -0.217. The van der Waals surface area contributed by atoms with Gasteiger partial charge in [-0.05, 0) is 87.9 Å². The van der Waals surface area contributed by atoms with Crippen molar-refractivity contribution in [3.05, 3.63) is 0 Å². The van der Waals surface area contributed by atoms with Crippen molar-refractivity contribution in [3.63, 3.8) is 0 Å². The van der Waals surface area contributed by atoms with E-state index in [9.17, 15) is 4.79 Å². The number of hydrogen-bond donors (Lipinski definition) is 0. The third-order valence-corrected chi connectivity index (χ3v) is 13.7. The summed E-state index contributed by atoms with van der Waals surface area (Å²) in [6, 6.07) is 0. The molecule has 8 heterocycles. The first-order valence-corrected chi connectivity index (χ1v) is 18.1. The molecule has 10 fully saturated rings. The first-order valence-electron chi connectivity index (χ1n) is 18.1. The summed E-state index contributed by atoms with van der Waals surface area (Å²) in [4.78, 5) is 42.8. The van der Waals surface area contributed by atoms with Gasteiger partial charge in [-0.25, -0.2) is 24.3 Å². The number of rotatable bonds is 5. The summed E-state index contributed by atoms with van der Waals surface area (Å²) in [6.45, 7) is 14.7. The van der Waals surface area contributed by atoms with Gasteiger partial charge in [0.25, 0.3) is 0 Å². The van der Waals surface area contributed by atoms with E-state index in [1.165, 1.54) is 0 Å². The van der Waals surface area contributed by atoms with Gasteiger partial charge in [0, 0.05) is 37.5 Å². The van der Waals surface area contributed by atoms with Gasteiger partial charge >= 0.3 is 5.97 Å². The van der Waals surface area contributed by atoms with Crippen LogP contribution in [0.5, 0.6) is 0 Å². The smallest absolute Gasteiger partial charge is 0.334 e. The fraction of sp³-hybridized carbons (Fsp3) is 0.943. The molecule has 46 heavy (non-hydrogen) atoms. The van der Waals surface area contributed by atoms with E-state index in [-0.39, 0.29) is 54.0 Å². The van der Waals surface area contributed by atoms with Crippen molar-refractivity contribution in [2.75, 3.05) is 0 Å². The van der Waals surface area contributed by atoms with E-state index >= 15 is 0 Å². The highest BCUT2D eigenvalue weighted by atomic mass is 17.3. The van der Waals surface area contributed by atoms with Gasteiger partial charge in [0.2, 0.25) is 11.6 Å². The molecule has 2 aliphatic carbocycles. The first-order chi connectivity index (χ1) is 21.9. The van der Waals surface area contributed by atoms with Gasteiger partial charge < -0.3 is 23.8 Å². The predicted octanol–water partition coefficient (Wildman–Crippen LogP) is 6.19. The molecule has 0 N–H and O–H groups in total. The predicted molar refractivity (Wildman–Crippen MR) is 162 cm³/mol. The van der Waals surface area contributed by atoms with Gasteiger partial charge in [-0.2, -0.15) is 0 Å². The molecular formula is C35H53NO10. The molecule has 4 bridgehead atoms. The van der Waals surface area contributed by atoms with Gasteiger partial charge in [-0.3, -0.25) is 0 Å². The van der Waals surface area contributed by atoms with Crippen molar-refractivity contribution >= 4 is 11.7 Å². The van der Waals surface area contributed by atoms with Crippen LogP contribution in [0.1, 0.15) is 113 Å². The number of hydrogen-bond acceptors (Lipinski definition) is 11. The Morgan fingerprint density at radius 1 is 0.717 bits per heavy atom. The average Bonchev–Trinajstić information content (AvgIpc) is 3.41. The normalized spacial score (nSPS) is 55.9. The summed E-state index contributed by atoms with van der Waals surface area (Å²) in [5.41, 5.74) is -0.682. The third-order valence-electron chi connectivity index (χ3n) is 13.7. The van der Waals surface area contributed by atoms with Crippen LogP contribution in [0.2, 0.25) is 0 Å². The molecule has 0 amide bonds. The van der Waals surface area contributed by atoms with Crippen LogP contribution >= 0.6 is 0 Å². The molecule has 11 nitrogen and oxygen atoms in total. The summed E-state index contributed by atoms with van der Waals surface area (Å²) >= 11 is 0. The van der Waals surface area contributed by atoms with Gasteiger partial charge in [0.05, 0.1) is 11.8 Å². The first kappa shape index (κ1) is 32.0. The fourth-order valence-electron chi connectivity index (χ4n) is 11.1. The highest BCUT2D eigenvalue weighted by molar-refractivity contribution is 5.90. The highest BCUT2D eigenvalue weighted by Gasteiger charge is 2.71. The molecule has 8 aliphatic heterocycles. The van der Waals surface area contributed by atoms with E-state index < -0.39 is 41.5 Å². The Labute approximate surface area is 272 Å². The molecule has 0 unspecified atom stereocenters. The number of carbonyl (C=O) groups excluding carboxylic acids is 1. The minimum Gasteiger partial charge on any atom is -0.345 e. The lowest BCUT2D eigenvalue weighted by molar-refractivity contribution is -0.571. The molecule has 2 saturated carbocycles. The Kier molecular flexibility index (Phi) is 7.78. The van der Waals surface area contributed by atoms with Gasteiger partial charge in [0.1, 0.15) is 6.10 Å². The van der Waals surface area contributed by atoms with Crippen LogP contribution in [0.3, 0.4) is 0 Å². The van der Waals surface area contributed by atoms with Crippen molar-refractivity contribution in [1.82, 2.24) is 0 Å². The molecule has 0 aromatic carbocycles. The molecule has 16 atom stereocenters. The van der Waals surface area contributed by atoms with Crippen molar-refractivity contribution in [3.8, 4) is 0 Å². The molecule has 0 aromatic rings. The zero-order valence-electron chi connectivity index (χ0n) is 28.5. The second-order valence-electron chi connectivity index (χ2n) is 16.4. The number of carbonyl (C=O) groups is 1. The third kappa shape index (κ3) is 4.58. The number of fused-ring (bicyclic) bond motifs is 4. The maximum absolute atomic E-state index is 12.5. The molecule has 0 radical (unpaired) electrons.